The molecule has 0 saturated carbocycles. The first-order valence-corrected chi connectivity index (χ1v) is 5.83. The van der Waals surface area contributed by atoms with Gasteiger partial charge in [0.2, 0.25) is 0 Å². The Balaban J connectivity index is 2.70. The highest BCUT2D eigenvalue weighted by Crippen LogP contribution is 2.24. The number of fused-ring (bicyclic) bond motifs is 1. The summed E-state index contributed by atoms with van der Waals surface area (Å²) in [4.78, 5) is 11.6. The van der Waals surface area contributed by atoms with Crippen LogP contribution in [0.1, 0.15) is 17.4 Å². The smallest absolute Gasteiger partial charge is 0.354 e. The van der Waals surface area contributed by atoms with Gasteiger partial charge in [0.15, 0.2) is 0 Å². The van der Waals surface area contributed by atoms with Crippen molar-refractivity contribution in [2.24, 2.45) is 0 Å². The zero-order valence-corrected chi connectivity index (χ0v) is 10.7. The van der Waals surface area contributed by atoms with Crippen LogP contribution < -0.4 is 0 Å². The van der Waals surface area contributed by atoms with Gasteiger partial charge in [-0.15, -0.1) is 0 Å². The molecular weight excluding hydrogens is 270 g/mol. The Kier molecular flexibility index (Phi) is 3.01. The van der Waals surface area contributed by atoms with Gasteiger partial charge in [-0.3, -0.25) is 0 Å². The van der Waals surface area contributed by atoms with Crippen molar-refractivity contribution in [3.8, 4) is 0 Å². The minimum Gasteiger partial charge on any atom is -0.464 e. The van der Waals surface area contributed by atoms with E-state index in [4.69, 9.17) is 4.74 Å². The minimum atomic E-state index is -0.297. The second-order valence-corrected chi connectivity index (χ2v) is 4.38. The van der Waals surface area contributed by atoms with Crippen molar-refractivity contribution in [3.63, 3.8) is 0 Å². The molecule has 0 fully saturated rings. The van der Waals surface area contributed by atoms with Crippen LogP contribution in [0.15, 0.2) is 28.7 Å². The number of carbonyl (C=O) groups excluding carboxylic acids is 1. The Hall–Kier alpha value is -1.29. The Morgan fingerprint density at radius 1 is 1.44 bits per heavy atom. The average molecular weight is 282 g/mol. The maximum Gasteiger partial charge on any atom is 0.354 e. The molecule has 0 amide bonds. The van der Waals surface area contributed by atoms with E-state index in [0.29, 0.717) is 5.69 Å². The van der Waals surface area contributed by atoms with Crippen molar-refractivity contribution >= 4 is 32.8 Å². The van der Waals surface area contributed by atoms with Crippen molar-refractivity contribution < 1.29 is 9.53 Å². The molecular formula is C12H12BrNO2. The van der Waals surface area contributed by atoms with Gasteiger partial charge in [0.05, 0.1) is 7.11 Å². The molecule has 0 saturated heterocycles. The lowest BCUT2D eigenvalue weighted by Crippen LogP contribution is -2.09. The summed E-state index contributed by atoms with van der Waals surface area (Å²) in [6.45, 7) is 2.75. The van der Waals surface area contributed by atoms with E-state index in [1.54, 1.807) is 0 Å². The number of ether oxygens (including phenoxy) is 1. The first kappa shape index (κ1) is 11.2. The van der Waals surface area contributed by atoms with Gasteiger partial charge in [-0.25, -0.2) is 4.79 Å². The van der Waals surface area contributed by atoms with Gasteiger partial charge >= 0.3 is 5.97 Å². The van der Waals surface area contributed by atoms with Crippen LogP contribution in [0.4, 0.5) is 0 Å². The standard InChI is InChI=1S/C12H12BrNO2/c1-3-14-10-5-4-9(13)6-8(10)7-11(14)12(15)16-2/h4-7H,3H2,1-2H3. The van der Waals surface area contributed by atoms with Crippen LogP contribution in [0, 0.1) is 0 Å². The number of rotatable bonds is 2. The molecule has 2 aromatic rings. The van der Waals surface area contributed by atoms with E-state index in [2.05, 4.69) is 15.9 Å². The van der Waals surface area contributed by atoms with E-state index in [9.17, 15) is 4.79 Å². The molecule has 0 aliphatic carbocycles. The summed E-state index contributed by atoms with van der Waals surface area (Å²) in [6, 6.07) is 7.81. The summed E-state index contributed by atoms with van der Waals surface area (Å²) in [6.07, 6.45) is 0. The number of benzene rings is 1. The molecule has 1 aromatic carbocycles. The number of hydrogen-bond acceptors (Lipinski definition) is 2. The van der Waals surface area contributed by atoms with Crippen LogP contribution in [-0.4, -0.2) is 17.6 Å². The molecule has 0 bridgehead atoms. The Bertz CT molecular complexity index is 545. The number of halogens is 1. The molecule has 2 rings (SSSR count). The fourth-order valence-electron chi connectivity index (χ4n) is 1.86. The van der Waals surface area contributed by atoms with Gasteiger partial charge in [-0.05, 0) is 31.2 Å². The summed E-state index contributed by atoms with van der Waals surface area (Å²) < 4.78 is 7.72. The molecule has 0 N–H and O–H groups in total. The molecule has 0 radical (unpaired) electrons. The van der Waals surface area contributed by atoms with Crippen LogP contribution in [-0.2, 0) is 11.3 Å². The van der Waals surface area contributed by atoms with Gasteiger partial charge in [0.25, 0.3) is 0 Å². The fourth-order valence-corrected chi connectivity index (χ4v) is 2.23. The van der Waals surface area contributed by atoms with E-state index in [1.165, 1.54) is 7.11 Å². The number of esters is 1. The monoisotopic (exact) mass is 281 g/mol. The third-order valence-electron chi connectivity index (χ3n) is 2.57. The van der Waals surface area contributed by atoms with E-state index in [1.807, 2.05) is 35.8 Å². The van der Waals surface area contributed by atoms with Crippen LogP contribution in [0.5, 0.6) is 0 Å². The van der Waals surface area contributed by atoms with E-state index in [-0.39, 0.29) is 5.97 Å². The number of aryl methyl sites for hydroxylation is 1. The molecule has 84 valence electrons. The summed E-state index contributed by atoms with van der Waals surface area (Å²) >= 11 is 3.42. The maximum atomic E-state index is 11.6. The second kappa shape index (κ2) is 4.29. The maximum absolute atomic E-state index is 11.6. The lowest BCUT2D eigenvalue weighted by molar-refractivity contribution is 0.0589. The second-order valence-electron chi connectivity index (χ2n) is 3.47. The summed E-state index contributed by atoms with van der Waals surface area (Å²) in [5.74, 6) is -0.297. The summed E-state index contributed by atoms with van der Waals surface area (Å²) in [5, 5.41) is 1.04. The van der Waals surface area contributed by atoms with Gasteiger partial charge in [-0.1, -0.05) is 15.9 Å². The lowest BCUT2D eigenvalue weighted by Gasteiger charge is -2.05. The first-order valence-electron chi connectivity index (χ1n) is 5.04. The Morgan fingerprint density at radius 2 is 2.19 bits per heavy atom. The third-order valence-corrected chi connectivity index (χ3v) is 3.07. The topological polar surface area (TPSA) is 31.2 Å². The van der Waals surface area contributed by atoms with E-state index in [0.717, 1.165) is 21.9 Å². The Labute approximate surface area is 102 Å². The van der Waals surface area contributed by atoms with Crippen molar-refractivity contribution in [2.75, 3.05) is 7.11 Å². The number of hydrogen-bond donors (Lipinski definition) is 0. The third kappa shape index (κ3) is 1.73. The number of aromatic nitrogens is 1. The first-order chi connectivity index (χ1) is 7.67. The molecule has 16 heavy (non-hydrogen) atoms. The predicted molar refractivity (Wildman–Crippen MR) is 66.7 cm³/mol. The molecule has 1 aromatic heterocycles. The van der Waals surface area contributed by atoms with Crippen LogP contribution in [0.2, 0.25) is 0 Å². The summed E-state index contributed by atoms with van der Waals surface area (Å²) in [5.41, 5.74) is 1.64. The van der Waals surface area contributed by atoms with E-state index < -0.39 is 0 Å². The molecule has 3 nitrogen and oxygen atoms in total. The van der Waals surface area contributed by atoms with Crippen molar-refractivity contribution in [1.29, 1.82) is 0 Å². The minimum absolute atomic E-state index is 0.297. The van der Waals surface area contributed by atoms with Gasteiger partial charge in [0.1, 0.15) is 5.69 Å². The zero-order chi connectivity index (χ0) is 11.7. The van der Waals surface area contributed by atoms with Crippen LogP contribution in [0.3, 0.4) is 0 Å². The Morgan fingerprint density at radius 3 is 2.81 bits per heavy atom. The molecule has 1 heterocycles. The van der Waals surface area contributed by atoms with Crippen LogP contribution in [0.25, 0.3) is 10.9 Å². The molecule has 0 spiro atoms. The fraction of sp³-hybridized carbons (Fsp3) is 0.250. The van der Waals surface area contributed by atoms with Gasteiger partial charge in [0, 0.05) is 21.9 Å². The van der Waals surface area contributed by atoms with Gasteiger partial charge < -0.3 is 9.30 Å². The zero-order valence-electron chi connectivity index (χ0n) is 9.16. The molecule has 0 atom stereocenters. The van der Waals surface area contributed by atoms with Crippen molar-refractivity contribution in [1.82, 2.24) is 4.57 Å². The van der Waals surface area contributed by atoms with Crippen molar-refractivity contribution in [2.45, 2.75) is 13.5 Å². The highest BCUT2D eigenvalue weighted by molar-refractivity contribution is 9.10. The SMILES string of the molecule is CCn1c(C(=O)OC)cc2cc(Br)ccc21. The average Bonchev–Trinajstić information content (AvgIpc) is 2.65. The molecule has 4 heteroatoms. The lowest BCUT2D eigenvalue weighted by atomic mass is 10.2. The largest absolute Gasteiger partial charge is 0.464 e. The quantitative estimate of drug-likeness (QED) is 0.792. The number of methoxy groups -OCH3 is 1. The molecule has 0 unspecified atom stereocenters. The van der Waals surface area contributed by atoms with Crippen LogP contribution >= 0.6 is 15.9 Å². The highest BCUT2D eigenvalue weighted by Gasteiger charge is 2.14. The van der Waals surface area contributed by atoms with E-state index >= 15 is 0 Å². The number of nitrogens with zero attached hydrogens (tertiary/aromatic N) is 1. The molecule has 0 aliphatic heterocycles. The number of carbonyl (C=O) groups is 1. The van der Waals surface area contributed by atoms with Crippen molar-refractivity contribution in [3.05, 3.63) is 34.4 Å². The highest BCUT2D eigenvalue weighted by atomic mass is 79.9. The summed E-state index contributed by atoms with van der Waals surface area (Å²) in [7, 11) is 1.40. The van der Waals surface area contributed by atoms with Gasteiger partial charge in [-0.2, -0.15) is 0 Å². The predicted octanol–water partition coefficient (Wildman–Crippen LogP) is 3.21. The molecule has 0 aliphatic rings. The normalized spacial score (nSPS) is 10.7.